The second-order valence-electron chi connectivity index (χ2n) is 16.3. The Kier molecular flexibility index (Phi) is 25.2. The number of nitrogens with one attached hydrogen (secondary N) is 9. The summed E-state index contributed by atoms with van der Waals surface area (Å²) in [5, 5.41) is 77.1. The number of phenolic OH excluding ortho intramolecular Hbond substituents is 1. The first-order valence-corrected chi connectivity index (χ1v) is 22.2. The number of benzene rings is 1. The predicted molar refractivity (Wildman–Crippen MR) is 246 cm³/mol. The Hall–Kier alpha value is -7.80. The number of hydrogen-bond acceptors (Lipinski definition) is 18. The summed E-state index contributed by atoms with van der Waals surface area (Å²) < 4.78 is 0. The van der Waals surface area contributed by atoms with Crippen molar-refractivity contribution in [3.05, 3.63) is 48.0 Å². The molecule has 0 aliphatic carbocycles. The molecule has 1 heterocycles. The highest BCUT2D eigenvalue weighted by Gasteiger charge is 2.36. The highest BCUT2D eigenvalue weighted by Crippen LogP contribution is 2.12. The first-order valence-electron chi connectivity index (χ1n) is 22.2. The number of carbonyl (C=O) groups excluding carboxylic acids is 9. The van der Waals surface area contributed by atoms with Crippen molar-refractivity contribution >= 4 is 65.1 Å². The second-order valence-corrected chi connectivity index (χ2v) is 16.3. The van der Waals surface area contributed by atoms with Gasteiger partial charge in [-0.25, -0.2) is 9.78 Å². The summed E-state index contributed by atoms with van der Waals surface area (Å²) in [6.45, 7) is 0.217. The van der Waals surface area contributed by atoms with Crippen LogP contribution in [0.15, 0.2) is 36.8 Å². The molecule has 0 bridgehead atoms. The second kappa shape index (κ2) is 30.1. The summed E-state index contributed by atoms with van der Waals surface area (Å²) in [5.41, 5.74) is 17.0. The van der Waals surface area contributed by atoms with Crippen LogP contribution in [0.1, 0.15) is 57.2 Å². The number of nitrogens with two attached hydrogens (primary N) is 3. The van der Waals surface area contributed by atoms with Crippen LogP contribution in [0, 0.1) is 0 Å². The summed E-state index contributed by atoms with van der Waals surface area (Å²) in [5.74, 6) is -13.3. The Balaban J connectivity index is 2.26. The number of hydrogen-bond donors (Lipinski definition) is 18. The van der Waals surface area contributed by atoms with E-state index in [4.69, 9.17) is 22.3 Å². The molecule has 21 N–H and O–H groups in total. The standard InChI is InChI=1S/C42H63N13O17/c1-19(48-36(65)25(5-3-4-10-43)49-35(64)24(44)13-32(61)62)34(63)53-29(16-56)39(68)50-26(11-21-6-8-23(59)9-7-21)37(66)54-30(17-57)40(69)55-33(20(2)58)41(70)51-27(14-31(45)60)38(67)52-28(42(71)72)12-22-15-46-18-47-22/h6-9,15,18-20,24-30,33,56-59H,3-5,10-14,16-17,43-44H2,1-2H3,(H2,45,60)(H,46,47)(H,48,65)(H,49,64)(H,50,68)(H,51,70)(H,52,67)(H,53,63)(H,54,66)(H,55,69)(H,61,62)(H,71,72). The fourth-order valence-corrected chi connectivity index (χ4v) is 6.43. The van der Waals surface area contributed by atoms with E-state index in [0.29, 0.717) is 24.1 Å². The number of imidazole rings is 1. The van der Waals surface area contributed by atoms with Crippen LogP contribution in [0.3, 0.4) is 0 Å². The van der Waals surface area contributed by atoms with E-state index in [2.05, 4.69) is 52.5 Å². The van der Waals surface area contributed by atoms with E-state index >= 15 is 0 Å². The Labute approximate surface area is 410 Å². The summed E-state index contributed by atoms with van der Waals surface area (Å²) in [6.07, 6.45) is -0.749. The lowest BCUT2D eigenvalue weighted by molar-refractivity contribution is -0.142. The van der Waals surface area contributed by atoms with Gasteiger partial charge in [0.25, 0.3) is 0 Å². The average molecular weight is 1020 g/mol. The van der Waals surface area contributed by atoms with E-state index in [1.54, 1.807) is 0 Å². The number of phenols is 1. The maximum absolute atomic E-state index is 13.8. The third-order valence-electron chi connectivity index (χ3n) is 10.4. The maximum atomic E-state index is 13.8. The number of carbonyl (C=O) groups is 11. The quantitative estimate of drug-likeness (QED) is 0.0303. The van der Waals surface area contributed by atoms with Gasteiger partial charge in [0, 0.05) is 24.7 Å². The molecule has 0 spiro atoms. The lowest BCUT2D eigenvalue weighted by Crippen LogP contribution is -2.62. The number of primary amides is 1. The molecule has 0 radical (unpaired) electrons. The number of aliphatic hydroxyl groups excluding tert-OH is 3. The van der Waals surface area contributed by atoms with Gasteiger partial charge >= 0.3 is 11.9 Å². The normalized spacial score (nSPS) is 15.2. The smallest absolute Gasteiger partial charge is 0.326 e. The molecule has 2 aromatic rings. The zero-order valence-corrected chi connectivity index (χ0v) is 39.2. The molecule has 0 saturated carbocycles. The van der Waals surface area contributed by atoms with Crippen LogP contribution in [-0.4, -0.2) is 186 Å². The number of aromatic hydroxyl groups is 1. The van der Waals surface area contributed by atoms with Gasteiger partial charge in [0.05, 0.1) is 44.5 Å². The molecule has 30 heteroatoms. The van der Waals surface area contributed by atoms with Crippen LogP contribution in [0.2, 0.25) is 0 Å². The molecule has 0 aliphatic rings. The zero-order valence-electron chi connectivity index (χ0n) is 39.2. The molecular weight excluding hydrogens is 959 g/mol. The van der Waals surface area contributed by atoms with Gasteiger partial charge in [-0.05, 0) is 57.4 Å². The summed E-state index contributed by atoms with van der Waals surface area (Å²) >= 11 is 0. The van der Waals surface area contributed by atoms with Crippen molar-refractivity contribution in [1.82, 2.24) is 52.5 Å². The van der Waals surface area contributed by atoms with Crippen molar-refractivity contribution < 1.29 is 83.4 Å². The van der Waals surface area contributed by atoms with Gasteiger partial charge in [0.2, 0.25) is 53.2 Å². The van der Waals surface area contributed by atoms with Crippen LogP contribution in [0.5, 0.6) is 5.75 Å². The number of aromatic nitrogens is 2. The van der Waals surface area contributed by atoms with Crippen molar-refractivity contribution in [2.45, 2.75) is 119 Å². The topological polar surface area (TPSA) is 512 Å². The third-order valence-corrected chi connectivity index (χ3v) is 10.4. The predicted octanol–water partition coefficient (Wildman–Crippen LogP) is -7.94. The molecule has 0 fully saturated rings. The third kappa shape index (κ3) is 20.7. The minimum absolute atomic E-state index is 0.00979. The molecule has 0 saturated heterocycles. The minimum Gasteiger partial charge on any atom is -0.508 e. The molecule has 2 rings (SSSR count). The van der Waals surface area contributed by atoms with E-state index in [1.807, 2.05) is 0 Å². The fraction of sp³-hybridized carbons (Fsp3) is 0.524. The summed E-state index contributed by atoms with van der Waals surface area (Å²) in [7, 11) is 0. The van der Waals surface area contributed by atoms with Crippen LogP contribution in [0.25, 0.3) is 0 Å². The van der Waals surface area contributed by atoms with Crippen molar-refractivity contribution in [2.75, 3.05) is 19.8 Å². The molecule has 1 aromatic heterocycles. The van der Waals surface area contributed by atoms with Crippen LogP contribution >= 0.6 is 0 Å². The van der Waals surface area contributed by atoms with Crippen molar-refractivity contribution in [1.29, 1.82) is 0 Å². The molecule has 10 atom stereocenters. The monoisotopic (exact) mass is 1020 g/mol. The number of aromatic amines is 1. The van der Waals surface area contributed by atoms with Gasteiger partial charge in [-0.15, -0.1) is 0 Å². The van der Waals surface area contributed by atoms with Crippen molar-refractivity contribution in [2.24, 2.45) is 17.2 Å². The molecule has 30 nitrogen and oxygen atoms in total. The zero-order chi connectivity index (χ0) is 54.2. The van der Waals surface area contributed by atoms with Crippen LogP contribution in [-0.2, 0) is 65.6 Å². The number of carboxylic acid groups (broad SMARTS) is 2. The number of H-pyrrole nitrogens is 1. The van der Waals surface area contributed by atoms with Gasteiger partial charge in [0.15, 0.2) is 0 Å². The van der Waals surface area contributed by atoms with E-state index in [-0.39, 0.29) is 25.1 Å². The van der Waals surface area contributed by atoms with Crippen LogP contribution in [0.4, 0.5) is 0 Å². The SMILES string of the molecule is CC(NC(=O)C(CCCCN)NC(=O)C(N)CC(=O)O)C(=O)NC(CO)C(=O)NC(Cc1ccc(O)cc1)C(=O)NC(CO)C(=O)NC(C(=O)NC(CC(N)=O)C(=O)NC(Cc1cnc[nH]1)C(=O)O)C(C)O. The average Bonchev–Trinajstić information content (AvgIpc) is 3.83. The van der Waals surface area contributed by atoms with Crippen molar-refractivity contribution in [3.63, 3.8) is 0 Å². The van der Waals surface area contributed by atoms with Gasteiger partial charge in [-0.3, -0.25) is 47.9 Å². The van der Waals surface area contributed by atoms with E-state index in [0.717, 1.165) is 6.92 Å². The number of aliphatic carboxylic acids is 2. The maximum Gasteiger partial charge on any atom is 0.326 e. The fourth-order valence-electron chi connectivity index (χ4n) is 6.43. The van der Waals surface area contributed by atoms with Gasteiger partial charge in [-0.2, -0.15) is 0 Å². The number of nitrogens with zero attached hydrogens (tertiary/aromatic N) is 1. The minimum atomic E-state index is -1.97. The van der Waals surface area contributed by atoms with Gasteiger partial charge < -0.3 is 95.4 Å². The lowest BCUT2D eigenvalue weighted by Gasteiger charge is -2.27. The molecular formula is C42H63N13O17. The van der Waals surface area contributed by atoms with E-state index in [1.165, 1.54) is 43.7 Å². The Morgan fingerprint density at radius 3 is 1.67 bits per heavy atom. The first kappa shape index (κ1) is 60.3. The largest absolute Gasteiger partial charge is 0.508 e. The summed E-state index contributed by atoms with van der Waals surface area (Å²) in [4.78, 5) is 148. The van der Waals surface area contributed by atoms with Gasteiger partial charge in [0.1, 0.15) is 54.1 Å². The molecule has 72 heavy (non-hydrogen) atoms. The van der Waals surface area contributed by atoms with E-state index in [9.17, 15) is 78.3 Å². The number of carboxylic acids is 2. The molecule has 9 amide bonds. The number of aliphatic hydroxyl groups is 3. The Bertz CT molecular complexity index is 2200. The highest BCUT2D eigenvalue weighted by atomic mass is 16.4. The Morgan fingerprint density at radius 1 is 0.625 bits per heavy atom. The van der Waals surface area contributed by atoms with Gasteiger partial charge in [-0.1, -0.05) is 12.1 Å². The molecule has 10 unspecified atom stereocenters. The number of unbranched alkanes of at least 4 members (excludes halogenated alkanes) is 1. The number of rotatable bonds is 32. The molecule has 0 aliphatic heterocycles. The van der Waals surface area contributed by atoms with Crippen LogP contribution < -0.4 is 59.7 Å². The number of amides is 9. The van der Waals surface area contributed by atoms with E-state index < -0.39 is 158 Å². The summed E-state index contributed by atoms with van der Waals surface area (Å²) in [6, 6.07) is -9.89. The molecule has 1 aromatic carbocycles. The highest BCUT2D eigenvalue weighted by molar-refractivity contribution is 5.99. The van der Waals surface area contributed by atoms with Crippen molar-refractivity contribution in [3.8, 4) is 5.75 Å². The molecule has 398 valence electrons. The lowest BCUT2D eigenvalue weighted by atomic mass is 10.0. The Morgan fingerprint density at radius 2 is 1.14 bits per heavy atom. The first-order chi connectivity index (χ1) is 33.9.